The van der Waals surface area contributed by atoms with Gasteiger partial charge in [0, 0.05) is 14.1 Å². The Balaban J connectivity index is 2.02. The zero-order valence-corrected chi connectivity index (χ0v) is 14.8. The molecule has 25 heavy (non-hydrogen) atoms. The number of halogens is 1. The Bertz CT molecular complexity index is 830. The lowest BCUT2D eigenvalue weighted by atomic mass is 10.1. The summed E-state index contributed by atoms with van der Waals surface area (Å²) in [6.45, 7) is 1.78. The Morgan fingerprint density at radius 2 is 2.04 bits per heavy atom. The quantitative estimate of drug-likeness (QED) is 0.601. The molecule has 0 atom stereocenters. The number of anilines is 1. The van der Waals surface area contributed by atoms with Gasteiger partial charge in [0.25, 0.3) is 11.5 Å². The second kappa shape index (κ2) is 8.29. The first kappa shape index (κ1) is 18.5. The van der Waals surface area contributed by atoms with Gasteiger partial charge >= 0.3 is 0 Å². The third-order valence-corrected chi connectivity index (χ3v) is 3.65. The third kappa shape index (κ3) is 5.05. The predicted molar refractivity (Wildman–Crippen MR) is 96.3 cm³/mol. The number of ether oxygens (including phenoxy) is 1. The van der Waals surface area contributed by atoms with E-state index in [1.54, 1.807) is 33.2 Å². The lowest BCUT2D eigenvalue weighted by Gasteiger charge is -2.11. The maximum absolute atomic E-state index is 11.5. The van der Waals surface area contributed by atoms with Gasteiger partial charge in [-0.2, -0.15) is 10.2 Å². The molecule has 9 heteroatoms. The summed E-state index contributed by atoms with van der Waals surface area (Å²) in [5.41, 5.74) is 4.04. The molecule has 0 spiro atoms. The number of likely N-dealkylation sites (N-methyl/N-ethyl adjacent to an activating group) is 1. The molecule has 0 saturated heterocycles. The van der Waals surface area contributed by atoms with Gasteiger partial charge in [-0.3, -0.25) is 15.0 Å². The Hall–Kier alpha value is -2.87. The standard InChI is InChI=1S/C16H18ClN5O3/c1-10(19-20-13-8-18-21-16(24)15(13)17)11-4-6-12(7-5-11)25-9-14(23)22(2)3/h4-8H,9H2,1-3H3,(H2,20,21,24)/b19-10-. The Morgan fingerprint density at radius 3 is 2.68 bits per heavy atom. The third-order valence-electron chi connectivity index (χ3n) is 3.27. The molecule has 0 aliphatic heterocycles. The molecule has 0 radical (unpaired) electrons. The summed E-state index contributed by atoms with van der Waals surface area (Å²) in [6, 6.07) is 7.12. The Kier molecular flexibility index (Phi) is 6.13. The minimum absolute atomic E-state index is 0.0131. The zero-order valence-electron chi connectivity index (χ0n) is 14.0. The molecular weight excluding hydrogens is 346 g/mol. The minimum Gasteiger partial charge on any atom is -0.484 e. The fourth-order valence-electron chi connectivity index (χ4n) is 1.74. The maximum Gasteiger partial charge on any atom is 0.285 e. The highest BCUT2D eigenvalue weighted by Gasteiger charge is 2.06. The SMILES string of the molecule is C/C(=N/Nc1cn[nH]c(=O)c1Cl)c1ccc(OCC(=O)N(C)C)cc1. The van der Waals surface area contributed by atoms with Gasteiger partial charge in [0.2, 0.25) is 0 Å². The monoisotopic (exact) mass is 363 g/mol. The molecule has 0 saturated carbocycles. The number of carbonyl (C=O) groups excluding carboxylic acids is 1. The maximum atomic E-state index is 11.5. The lowest BCUT2D eigenvalue weighted by Crippen LogP contribution is -2.27. The highest BCUT2D eigenvalue weighted by atomic mass is 35.5. The molecule has 1 aromatic heterocycles. The van der Waals surface area contributed by atoms with Crippen LogP contribution in [0.2, 0.25) is 5.02 Å². The van der Waals surface area contributed by atoms with Crippen LogP contribution in [0.15, 0.2) is 40.4 Å². The van der Waals surface area contributed by atoms with Crippen LogP contribution in [0.5, 0.6) is 5.75 Å². The molecule has 8 nitrogen and oxygen atoms in total. The van der Waals surface area contributed by atoms with Crippen molar-refractivity contribution in [1.29, 1.82) is 0 Å². The van der Waals surface area contributed by atoms with Crippen LogP contribution >= 0.6 is 11.6 Å². The van der Waals surface area contributed by atoms with E-state index in [0.29, 0.717) is 17.1 Å². The van der Waals surface area contributed by atoms with Crippen LogP contribution in [0.3, 0.4) is 0 Å². The van der Waals surface area contributed by atoms with E-state index in [1.165, 1.54) is 11.1 Å². The summed E-state index contributed by atoms with van der Waals surface area (Å²) < 4.78 is 5.41. The van der Waals surface area contributed by atoms with Crippen LogP contribution in [0.1, 0.15) is 12.5 Å². The molecule has 2 aromatic rings. The zero-order chi connectivity index (χ0) is 18.4. The van der Waals surface area contributed by atoms with Gasteiger partial charge in [0.15, 0.2) is 6.61 Å². The van der Waals surface area contributed by atoms with Crippen LogP contribution in [0.25, 0.3) is 0 Å². The summed E-state index contributed by atoms with van der Waals surface area (Å²) in [5.74, 6) is 0.468. The lowest BCUT2D eigenvalue weighted by molar-refractivity contribution is -0.130. The number of hydrogen-bond acceptors (Lipinski definition) is 6. The summed E-state index contributed by atoms with van der Waals surface area (Å²) in [4.78, 5) is 24.3. The van der Waals surface area contributed by atoms with Gasteiger partial charge in [-0.15, -0.1) is 0 Å². The summed E-state index contributed by atoms with van der Waals surface area (Å²) >= 11 is 5.86. The average Bonchev–Trinajstić information content (AvgIpc) is 2.61. The van der Waals surface area contributed by atoms with Crippen molar-refractivity contribution in [1.82, 2.24) is 15.1 Å². The highest BCUT2D eigenvalue weighted by Crippen LogP contribution is 2.16. The van der Waals surface area contributed by atoms with E-state index in [2.05, 4.69) is 20.7 Å². The minimum atomic E-state index is -0.492. The van der Waals surface area contributed by atoms with Crippen LogP contribution in [0, 0.1) is 0 Å². The van der Waals surface area contributed by atoms with Gasteiger partial charge in [0.05, 0.1) is 11.9 Å². The summed E-state index contributed by atoms with van der Waals surface area (Å²) in [5, 5.41) is 10.0. The van der Waals surface area contributed by atoms with E-state index >= 15 is 0 Å². The number of hydrogen-bond donors (Lipinski definition) is 2. The van der Waals surface area contributed by atoms with E-state index < -0.39 is 5.56 Å². The highest BCUT2D eigenvalue weighted by molar-refractivity contribution is 6.32. The molecule has 1 heterocycles. The second-order valence-electron chi connectivity index (χ2n) is 5.34. The van der Waals surface area contributed by atoms with Crippen molar-refractivity contribution >= 4 is 28.9 Å². The molecule has 2 N–H and O–H groups in total. The van der Waals surface area contributed by atoms with E-state index in [-0.39, 0.29) is 17.5 Å². The molecule has 2 rings (SSSR count). The first-order valence-electron chi connectivity index (χ1n) is 7.35. The number of aromatic amines is 1. The van der Waals surface area contributed by atoms with Gasteiger partial charge in [-0.05, 0) is 36.8 Å². The average molecular weight is 364 g/mol. The number of hydrazone groups is 1. The van der Waals surface area contributed by atoms with Gasteiger partial charge in [0.1, 0.15) is 16.5 Å². The van der Waals surface area contributed by atoms with Crippen molar-refractivity contribution in [3.8, 4) is 5.75 Å². The fourth-order valence-corrected chi connectivity index (χ4v) is 1.87. The first-order valence-corrected chi connectivity index (χ1v) is 7.73. The smallest absolute Gasteiger partial charge is 0.285 e. The first-order chi connectivity index (χ1) is 11.9. The number of carbonyl (C=O) groups is 1. The van der Waals surface area contributed by atoms with Crippen molar-refractivity contribution in [3.63, 3.8) is 0 Å². The molecule has 132 valence electrons. The molecule has 0 fully saturated rings. The van der Waals surface area contributed by atoms with Crippen molar-refractivity contribution in [3.05, 3.63) is 51.4 Å². The fraction of sp³-hybridized carbons (Fsp3) is 0.250. The Morgan fingerprint density at radius 1 is 1.36 bits per heavy atom. The van der Waals surface area contributed by atoms with Crippen molar-refractivity contribution < 1.29 is 9.53 Å². The van der Waals surface area contributed by atoms with Gasteiger partial charge in [-0.1, -0.05) is 11.6 Å². The summed E-state index contributed by atoms with van der Waals surface area (Å²) in [7, 11) is 3.34. The molecule has 0 aliphatic carbocycles. The molecule has 1 amide bonds. The number of benzene rings is 1. The number of amides is 1. The van der Waals surface area contributed by atoms with E-state index in [1.807, 2.05) is 12.1 Å². The number of aromatic nitrogens is 2. The van der Waals surface area contributed by atoms with Crippen LogP contribution in [-0.2, 0) is 4.79 Å². The summed E-state index contributed by atoms with van der Waals surface area (Å²) in [6.07, 6.45) is 1.37. The number of H-pyrrole nitrogens is 1. The van der Waals surface area contributed by atoms with Crippen molar-refractivity contribution in [2.75, 3.05) is 26.1 Å². The van der Waals surface area contributed by atoms with Crippen LogP contribution in [-0.4, -0.2) is 47.4 Å². The topological polar surface area (TPSA) is 99.7 Å². The van der Waals surface area contributed by atoms with Gasteiger partial charge in [-0.25, -0.2) is 5.10 Å². The second-order valence-corrected chi connectivity index (χ2v) is 5.71. The van der Waals surface area contributed by atoms with Gasteiger partial charge < -0.3 is 9.64 Å². The van der Waals surface area contributed by atoms with Crippen LogP contribution < -0.4 is 15.7 Å². The molecule has 0 unspecified atom stereocenters. The molecular formula is C16H18ClN5O3. The predicted octanol–water partition coefficient (Wildman–Crippen LogP) is 1.73. The van der Waals surface area contributed by atoms with Crippen LogP contribution in [0.4, 0.5) is 5.69 Å². The number of rotatable bonds is 6. The Labute approximate surface area is 149 Å². The molecule has 1 aromatic carbocycles. The number of nitrogens with one attached hydrogen (secondary N) is 2. The normalized spacial score (nSPS) is 11.1. The van der Waals surface area contributed by atoms with E-state index in [4.69, 9.17) is 16.3 Å². The molecule has 0 bridgehead atoms. The largest absolute Gasteiger partial charge is 0.484 e. The van der Waals surface area contributed by atoms with Crippen molar-refractivity contribution in [2.45, 2.75) is 6.92 Å². The van der Waals surface area contributed by atoms with E-state index in [0.717, 1.165) is 5.56 Å². The van der Waals surface area contributed by atoms with E-state index in [9.17, 15) is 9.59 Å². The van der Waals surface area contributed by atoms with Crippen molar-refractivity contribution in [2.24, 2.45) is 5.10 Å². The molecule has 0 aliphatic rings. The number of nitrogens with zero attached hydrogens (tertiary/aromatic N) is 3.